The highest BCUT2D eigenvalue weighted by Crippen LogP contribution is 2.20. The van der Waals surface area contributed by atoms with Gasteiger partial charge in [0.1, 0.15) is 12.2 Å². The van der Waals surface area contributed by atoms with Crippen molar-refractivity contribution in [2.45, 2.75) is 33.0 Å². The maximum Gasteiger partial charge on any atom is 0.183 e. The summed E-state index contributed by atoms with van der Waals surface area (Å²) < 4.78 is 12.3. The molecule has 0 spiro atoms. The molecule has 1 aromatic heterocycles. The first-order valence-corrected chi connectivity index (χ1v) is 7.18. The van der Waals surface area contributed by atoms with Crippen LogP contribution in [0.4, 0.5) is 0 Å². The van der Waals surface area contributed by atoms with Crippen molar-refractivity contribution in [2.24, 2.45) is 5.10 Å². The normalized spacial score (nSPS) is 14.4. The van der Waals surface area contributed by atoms with Gasteiger partial charge in [0.05, 0.1) is 6.21 Å². The summed E-state index contributed by atoms with van der Waals surface area (Å²) in [6.07, 6.45) is 1.36. The van der Waals surface area contributed by atoms with Crippen molar-refractivity contribution in [1.82, 2.24) is 14.9 Å². The quantitative estimate of drug-likeness (QED) is 0.770. The summed E-state index contributed by atoms with van der Waals surface area (Å²) in [5.41, 5.74) is 2.22. The zero-order chi connectivity index (χ0) is 16.1. The molecule has 118 valence electrons. The Bertz CT molecular complexity index is 607. The Kier molecular flexibility index (Phi) is 5.41. The SMILES string of the molecule is COC(C)c1nnc(C(C)OC)n1/N=C/c1ccc(C)cc1. The molecule has 0 amide bonds. The van der Waals surface area contributed by atoms with Gasteiger partial charge < -0.3 is 9.47 Å². The standard InChI is InChI=1S/C16H22N4O2/c1-11-6-8-14(9-7-11)10-17-20-15(12(2)21-4)18-19-16(20)13(3)22-5/h6-10,12-13H,1-5H3/b17-10+. The second kappa shape index (κ2) is 7.29. The van der Waals surface area contributed by atoms with Gasteiger partial charge in [-0.05, 0) is 26.3 Å². The lowest BCUT2D eigenvalue weighted by molar-refractivity contribution is 0.101. The molecule has 6 heteroatoms. The van der Waals surface area contributed by atoms with E-state index in [-0.39, 0.29) is 12.2 Å². The Morgan fingerprint density at radius 2 is 1.50 bits per heavy atom. The van der Waals surface area contributed by atoms with E-state index in [9.17, 15) is 0 Å². The lowest BCUT2D eigenvalue weighted by Gasteiger charge is -2.12. The first kappa shape index (κ1) is 16.3. The third-order valence-corrected chi connectivity index (χ3v) is 3.52. The van der Waals surface area contributed by atoms with Crippen LogP contribution < -0.4 is 0 Å². The maximum absolute atomic E-state index is 5.33. The molecular formula is C16H22N4O2. The van der Waals surface area contributed by atoms with Crippen LogP contribution in [-0.2, 0) is 9.47 Å². The molecule has 2 rings (SSSR count). The Balaban J connectivity index is 2.38. The van der Waals surface area contributed by atoms with Gasteiger partial charge in [-0.15, -0.1) is 10.2 Å². The van der Waals surface area contributed by atoms with E-state index >= 15 is 0 Å². The summed E-state index contributed by atoms with van der Waals surface area (Å²) in [4.78, 5) is 0. The van der Waals surface area contributed by atoms with Gasteiger partial charge in [-0.1, -0.05) is 29.8 Å². The topological polar surface area (TPSA) is 61.5 Å². The molecule has 2 atom stereocenters. The molecule has 0 N–H and O–H groups in total. The highest BCUT2D eigenvalue weighted by atomic mass is 16.5. The molecule has 0 aliphatic carbocycles. The molecule has 1 aromatic carbocycles. The monoisotopic (exact) mass is 302 g/mol. The van der Waals surface area contributed by atoms with Gasteiger partial charge in [-0.25, -0.2) is 0 Å². The summed E-state index contributed by atoms with van der Waals surface area (Å²) in [5, 5.41) is 12.9. The van der Waals surface area contributed by atoms with Gasteiger partial charge in [0, 0.05) is 14.2 Å². The summed E-state index contributed by atoms with van der Waals surface area (Å²) in [6.45, 7) is 5.86. The predicted molar refractivity (Wildman–Crippen MR) is 85.0 cm³/mol. The number of aryl methyl sites for hydroxylation is 1. The maximum atomic E-state index is 5.33. The van der Waals surface area contributed by atoms with Gasteiger partial charge in [0.15, 0.2) is 11.6 Å². The second-order valence-corrected chi connectivity index (χ2v) is 5.14. The van der Waals surface area contributed by atoms with Gasteiger partial charge in [-0.3, -0.25) is 0 Å². The van der Waals surface area contributed by atoms with Crippen LogP contribution in [0.3, 0.4) is 0 Å². The predicted octanol–water partition coefficient (Wildman–Crippen LogP) is 2.88. The molecule has 0 bridgehead atoms. The molecular weight excluding hydrogens is 280 g/mol. The van der Waals surface area contributed by atoms with E-state index in [1.165, 1.54) is 5.56 Å². The van der Waals surface area contributed by atoms with Crippen molar-refractivity contribution in [2.75, 3.05) is 14.2 Å². The van der Waals surface area contributed by atoms with Crippen molar-refractivity contribution in [3.63, 3.8) is 0 Å². The molecule has 0 radical (unpaired) electrons. The van der Waals surface area contributed by atoms with E-state index in [4.69, 9.17) is 9.47 Å². The average molecular weight is 302 g/mol. The van der Waals surface area contributed by atoms with Crippen molar-refractivity contribution in [3.05, 3.63) is 47.0 Å². The molecule has 22 heavy (non-hydrogen) atoms. The number of methoxy groups -OCH3 is 2. The molecule has 2 aromatic rings. The van der Waals surface area contributed by atoms with E-state index < -0.39 is 0 Å². The number of benzene rings is 1. The fourth-order valence-corrected chi connectivity index (χ4v) is 1.92. The molecule has 0 fully saturated rings. The van der Waals surface area contributed by atoms with Gasteiger partial charge >= 0.3 is 0 Å². The Morgan fingerprint density at radius 3 is 1.95 bits per heavy atom. The lowest BCUT2D eigenvalue weighted by atomic mass is 10.2. The number of ether oxygens (including phenoxy) is 2. The Morgan fingerprint density at radius 1 is 1.00 bits per heavy atom. The van der Waals surface area contributed by atoms with Crippen molar-refractivity contribution in [3.8, 4) is 0 Å². The Hall–Kier alpha value is -2.05. The fraction of sp³-hybridized carbons (Fsp3) is 0.438. The molecule has 0 aliphatic heterocycles. The van der Waals surface area contributed by atoms with Crippen molar-refractivity contribution < 1.29 is 9.47 Å². The number of nitrogens with zero attached hydrogens (tertiary/aromatic N) is 4. The van der Waals surface area contributed by atoms with Crippen LogP contribution in [0.15, 0.2) is 29.4 Å². The lowest BCUT2D eigenvalue weighted by Crippen LogP contribution is -2.10. The second-order valence-electron chi connectivity index (χ2n) is 5.14. The largest absolute Gasteiger partial charge is 0.374 e. The number of hydrogen-bond donors (Lipinski definition) is 0. The van der Waals surface area contributed by atoms with Crippen LogP contribution in [0.1, 0.15) is 48.8 Å². The molecule has 2 unspecified atom stereocenters. The minimum atomic E-state index is -0.208. The molecule has 0 saturated carbocycles. The van der Waals surface area contributed by atoms with E-state index in [2.05, 4.69) is 22.2 Å². The van der Waals surface area contributed by atoms with Crippen LogP contribution in [0.2, 0.25) is 0 Å². The minimum absolute atomic E-state index is 0.208. The summed E-state index contributed by atoms with van der Waals surface area (Å²) in [6, 6.07) is 8.12. The summed E-state index contributed by atoms with van der Waals surface area (Å²) in [5.74, 6) is 1.29. The highest BCUT2D eigenvalue weighted by Gasteiger charge is 2.20. The van der Waals surface area contributed by atoms with Crippen molar-refractivity contribution >= 4 is 6.21 Å². The van der Waals surface area contributed by atoms with Crippen LogP contribution >= 0.6 is 0 Å². The molecule has 6 nitrogen and oxygen atoms in total. The Labute approximate surface area is 130 Å². The molecule has 1 heterocycles. The first-order chi connectivity index (χ1) is 10.6. The number of rotatable bonds is 6. The smallest absolute Gasteiger partial charge is 0.183 e. The number of hydrogen-bond acceptors (Lipinski definition) is 5. The highest BCUT2D eigenvalue weighted by molar-refractivity contribution is 5.79. The van der Waals surface area contributed by atoms with Gasteiger partial charge in [0.25, 0.3) is 0 Å². The zero-order valence-corrected chi connectivity index (χ0v) is 13.6. The molecule has 0 saturated heterocycles. The van der Waals surface area contributed by atoms with Crippen LogP contribution in [0.25, 0.3) is 0 Å². The van der Waals surface area contributed by atoms with Crippen molar-refractivity contribution in [1.29, 1.82) is 0 Å². The molecule has 0 aliphatic rings. The van der Waals surface area contributed by atoms with E-state index in [0.717, 1.165) is 5.56 Å². The first-order valence-electron chi connectivity index (χ1n) is 7.18. The van der Waals surface area contributed by atoms with Gasteiger partial charge in [-0.2, -0.15) is 9.78 Å². The summed E-state index contributed by atoms with van der Waals surface area (Å²) >= 11 is 0. The third-order valence-electron chi connectivity index (χ3n) is 3.52. The average Bonchev–Trinajstić information content (AvgIpc) is 2.96. The minimum Gasteiger partial charge on any atom is -0.374 e. The van der Waals surface area contributed by atoms with Crippen LogP contribution in [-0.4, -0.2) is 35.3 Å². The van der Waals surface area contributed by atoms with Gasteiger partial charge in [0.2, 0.25) is 0 Å². The van der Waals surface area contributed by atoms with Crippen LogP contribution in [0.5, 0.6) is 0 Å². The van der Waals surface area contributed by atoms with E-state index in [1.807, 2.05) is 38.1 Å². The zero-order valence-electron chi connectivity index (χ0n) is 13.6. The van der Waals surface area contributed by atoms with E-state index in [1.54, 1.807) is 25.1 Å². The van der Waals surface area contributed by atoms with Crippen LogP contribution in [0, 0.1) is 6.92 Å². The summed E-state index contributed by atoms with van der Waals surface area (Å²) in [7, 11) is 3.26. The fourth-order valence-electron chi connectivity index (χ4n) is 1.92. The van der Waals surface area contributed by atoms with E-state index in [0.29, 0.717) is 11.6 Å². The third kappa shape index (κ3) is 3.58. The number of aromatic nitrogens is 3.